The number of likely N-dealkylation sites (tertiary alicyclic amines) is 1. The first-order valence-electron chi connectivity index (χ1n) is 9.74. The van der Waals surface area contributed by atoms with Crippen LogP contribution in [-0.2, 0) is 16.1 Å². The third kappa shape index (κ3) is 3.77. The van der Waals surface area contributed by atoms with Gasteiger partial charge in [0.05, 0.1) is 18.4 Å². The molecular formula is C24H21N3O4. The topological polar surface area (TPSA) is 92.6 Å². The predicted molar refractivity (Wildman–Crippen MR) is 114 cm³/mol. The number of hydrogen-bond donors (Lipinski definition) is 1. The highest BCUT2D eigenvalue weighted by Gasteiger charge is 2.46. The van der Waals surface area contributed by atoms with E-state index in [4.69, 9.17) is 4.74 Å². The van der Waals surface area contributed by atoms with Gasteiger partial charge >= 0.3 is 0 Å². The minimum absolute atomic E-state index is 0.0113. The standard InChI is InChI=1S/C24H21N3O4/c1-15-12-17(8-9-19(15)31-2)22(28)20-21(18-7-3-4-11-26-18)27(24(30)23(20)29)14-16-6-5-10-25-13-16/h3-13,21,28H,14H2,1-2H3. The van der Waals surface area contributed by atoms with Crippen LogP contribution in [0.4, 0.5) is 0 Å². The van der Waals surface area contributed by atoms with Gasteiger partial charge in [0.2, 0.25) is 0 Å². The zero-order chi connectivity index (χ0) is 22.0. The van der Waals surface area contributed by atoms with Gasteiger partial charge in [-0.25, -0.2) is 0 Å². The van der Waals surface area contributed by atoms with Crippen LogP contribution in [0.25, 0.3) is 5.76 Å². The summed E-state index contributed by atoms with van der Waals surface area (Å²) in [5.41, 5.74) is 2.50. The van der Waals surface area contributed by atoms with Crippen LogP contribution in [0.3, 0.4) is 0 Å². The van der Waals surface area contributed by atoms with Crippen LogP contribution >= 0.6 is 0 Å². The summed E-state index contributed by atoms with van der Waals surface area (Å²) in [6.07, 6.45) is 4.87. The van der Waals surface area contributed by atoms with Gasteiger partial charge in [-0.2, -0.15) is 0 Å². The maximum absolute atomic E-state index is 13.0. The molecule has 4 rings (SSSR count). The Morgan fingerprint density at radius 3 is 2.61 bits per heavy atom. The molecule has 0 spiro atoms. The lowest BCUT2D eigenvalue weighted by Gasteiger charge is -2.24. The molecule has 0 bridgehead atoms. The Labute approximate surface area is 179 Å². The van der Waals surface area contributed by atoms with Gasteiger partial charge in [0.25, 0.3) is 11.7 Å². The lowest BCUT2D eigenvalue weighted by Crippen LogP contribution is -2.29. The monoisotopic (exact) mass is 415 g/mol. The number of aliphatic hydroxyl groups excluding tert-OH is 1. The fraction of sp³-hybridized carbons (Fsp3) is 0.167. The number of hydrogen-bond acceptors (Lipinski definition) is 6. The number of pyridine rings is 2. The van der Waals surface area contributed by atoms with E-state index in [9.17, 15) is 14.7 Å². The second kappa shape index (κ2) is 8.39. The molecule has 7 nitrogen and oxygen atoms in total. The van der Waals surface area contributed by atoms with E-state index >= 15 is 0 Å². The first-order chi connectivity index (χ1) is 15.0. The number of aromatic nitrogens is 2. The summed E-state index contributed by atoms with van der Waals surface area (Å²) in [6.45, 7) is 2.00. The van der Waals surface area contributed by atoms with Crippen molar-refractivity contribution in [3.63, 3.8) is 0 Å². The molecule has 1 aromatic carbocycles. The molecule has 1 atom stereocenters. The number of nitrogens with zero attached hydrogens (tertiary/aromatic N) is 3. The highest BCUT2D eigenvalue weighted by molar-refractivity contribution is 6.46. The van der Waals surface area contributed by atoms with Crippen molar-refractivity contribution in [2.24, 2.45) is 0 Å². The van der Waals surface area contributed by atoms with Crippen molar-refractivity contribution in [2.75, 3.05) is 7.11 Å². The molecular weight excluding hydrogens is 394 g/mol. The number of aliphatic hydroxyl groups is 1. The van der Waals surface area contributed by atoms with Crippen LogP contribution in [0, 0.1) is 6.92 Å². The molecule has 31 heavy (non-hydrogen) atoms. The zero-order valence-electron chi connectivity index (χ0n) is 17.1. The number of Topliss-reactive ketones (excluding diaryl/α,β-unsaturated/α-hetero) is 1. The lowest BCUT2D eigenvalue weighted by atomic mass is 9.97. The highest BCUT2D eigenvalue weighted by atomic mass is 16.5. The molecule has 3 heterocycles. The number of carbonyl (C=O) groups is 2. The molecule has 1 aliphatic heterocycles. The van der Waals surface area contributed by atoms with Gasteiger partial charge < -0.3 is 14.7 Å². The number of ether oxygens (including phenoxy) is 1. The number of methoxy groups -OCH3 is 1. The Balaban J connectivity index is 1.85. The molecule has 2 aromatic heterocycles. The SMILES string of the molecule is COc1ccc(C(O)=C2C(=O)C(=O)N(Cc3cccnc3)C2c2ccccn2)cc1C. The molecule has 0 aliphatic carbocycles. The van der Waals surface area contributed by atoms with Gasteiger partial charge in [-0.1, -0.05) is 12.1 Å². The van der Waals surface area contributed by atoms with Crippen molar-refractivity contribution in [3.05, 3.63) is 95.1 Å². The van der Waals surface area contributed by atoms with Crippen molar-refractivity contribution in [3.8, 4) is 5.75 Å². The summed E-state index contributed by atoms with van der Waals surface area (Å²) in [4.78, 5) is 35.9. The Bertz CT molecular complexity index is 1160. The molecule has 156 valence electrons. The third-order valence-corrected chi connectivity index (χ3v) is 5.25. The smallest absolute Gasteiger partial charge is 0.296 e. The Morgan fingerprint density at radius 2 is 1.97 bits per heavy atom. The van der Waals surface area contributed by atoms with Gasteiger partial charge in [-0.3, -0.25) is 19.6 Å². The van der Waals surface area contributed by atoms with Crippen molar-refractivity contribution in [2.45, 2.75) is 19.5 Å². The molecule has 0 saturated carbocycles. The summed E-state index contributed by atoms with van der Waals surface area (Å²) in [7, 11) is 1.56. The van der Waals surface area contributed by atoms with E-state index in [1.54, 1.807) is 68.2 Å². The first-order valence-corrected chi connectivity index (χ1v) is 9.74. The van der Waals surface area contributed by atoms with E-state index in [1.165, 1.54) is 4.90 Å². The molecule has 1 fully saturated rings. The Hall–Kier alpha value is -4.00. The predicted octanol–water partition coefficient (Wildman–Crippen LogP) is 3.42. The summed E-state index contributed by atoms with van der Waals surface area (Å²) >= 11 is 0. The largest absolute Gasteiger partial charge is 0.507 e. The number of rotatable bonds is 5. The van der Waals surface area contributed by atoms with Crippen LogP contribution in [0.15, 0.2) is 72.7 Å². The summed E-state index contributed by atoms with van der Waals surface area (Å²) in [6, 6.07) is 13.1. The van der Waals surface area contributed by atoms with Crippen molar-refractivity contribution in [1.29, 1.82) is 0 Å². The Kier molecular flexibility index (Phi) is 5.49. The van der Waals surface area contributed by atoms with E-state index in [2.05, 4.69) is 9.97 Å². The van der Waals surface area contributed by atoms with Crippen LogP contribution < -0.4 is 4.74 Å². The van der Waals surface area contributed by atoms with Crippen LogP contribution in [0.1, 0.15) is 28.4 Å². The van der Waals surface area contributed by atoms with E-state index in [1.807, 2.05) is 13.0 Å². The fourth-order valence-corrected chi connectivity index (χ4v) is 3.76. The fourth-order valence-electron chi connectivity index (χ4n) is 3.76. The molecule has 1 N–H and O–H groups in total. The average Bonchev–Trinajstić information content (AvgIpc) is 3.04. The number of ketones is 1. The Morgan fingerprint density at radius 1 is 1.13 bits per heavy atom. The summed E-state index contributed by atoms with van der Waals surface area (Å²) in [5, 5.41) is 11.1. The molecule has 0 radical (unpaired) electrons. The van der Waals surface area contributed by atoms with E-state index in [0.29, 0.717) is 17.0 Å². The van der Waals surface area contributed by atoms with Gasteiger partial charge in [-0.05, 0) is 54.4 Å². The van der Waals surface area contributed by atoms with E-state index in [-0.39, 0.29) is 17.9 Å². The summed E-state index contributed by atoms with van der Waals surface area (Å²) in [5.74, 6) is -1.01. The second-order valence-corrected chi connectivity index (χ2v) is 7.23. The van der Waals surface area contributed by atoms with Crippen LogP contribution in [0.2, 0.25) is 0 Å². The van der Waals surface area contributed by atoms with Crippen LogP contribution in [0.5, 0.6) is 5.75 Å². The lowest BCUT2D eigenvalue weighted by molar-refractivity contribution is -0.140. The van der Waals surface area contributed by atoms with Crippen LogP contribution in [-0.4, -0.2) is 38.8 Å². The molecule has 7 heteroatoms. The normalized spacial score (nSPS) is 17.7. The minimum Gasteiger partial charge on any atom is -0.507 e. The number of aryl methyl sites for hydroxylation is 1. The van der Waals surface area contributed by atoms with Crippen molar-refractivity contribution in [1.82, 2.24) is 14.9 Å². The number of benzene rings is 1. The number of amides is 1. The third-order valence-electron chi connectivity index (χ3n) is 5.25. The molecule has 1 saturated heterocycles. The zero-order valence-corrected chi connectivity index (χ0v) is 17.1. The minimum atomic E-state index is -0.816. The van der Waals surface area contributed by atoms with Gasteiger partial charge in [-0.15, -0.1) is 0 Å². The quantitative estimate of drug-likeness (QED) is 0.390. The van der Waals surface area contributed by atoms with E-state index < -0.39 is 17.7 Å². The van der Waals surface area contributed by atoms with Gasteiger partial charge in [0.15, 0.2) is 0 Å². The molecule has 1 amide bonds. The van der Waals surface area contributed by atoms with Gasteiger partial charge in [0.1, 0.15) is 17.6 Å². The first kappa shape index (κ1) is 20.3. The van der Waals surface area contributed by atoms with E-state index in [0.717, 1.165) is 11.1 Å². The molecule has 3 aromatic rings. The summed E-state index contributed by atoms with van der Waals surface area (Å²) < 4.78 is 5.27. The molecule has 1 unspecified atom stereocenters. The maximum atomic E-state index is 13.0. The maximum Gasteiger partial charge on any atom is 0.296 e. The average molecular weight is 415 g/mol. The van der Waals surface area contributed by atoms with Gasteiger partial charge in [0, 0.05) is 30.7 Å². The van der Waals surface area contributed by atoms with Crippen molar-refractivity contribution < 1.29 is 19.4 Å². The van der Waals surface area contributed by atoms with Crippen molar-refractivity contribution >= 4 is 17.4 Å². The molecule has 1 aliphatic rings. The highest BCUT2D eigenvalue weighted by Crippen LogP contribution is 2.39. The number of carbonyl (C=O) groups excluding carboxylic acids is 2. The second-order valence-electron chi connectivity index (χ2n) is 7.23.